The topological polar surface area (TPSA) is 46.2 Å². The van der Waals surface area contributed by atoms with E-state index in [4.69, 9.17) is 5.73 Å². The number of halogens is 3. The first-order chi connectivity index (χ1) is 7.12. The molecule has 0 aliphatic heterocycles. The molecule has 5 heteroatoms. The van der Waals surface area contributed by atoms with E-state index in [1.807, 2.05) is 13.8 Å². The van der Waals surface area contributed by atoms with E-state index in [1.165, 1.54) is 6.08 Å². The molecule has 3 N–H and O–H groups in total. The fraction of sp³-hybridized carbons (Fsp3) is 0.818. The van der Waals surface area contributed by atoms with Crippen molar-refractivity contribution < 1.29 is 18.3 Å². The van der Waals surface area contributed by atoms with Crippen molar-refractivity contribution in [1.82, 2.24) is 0 Å². The zero-order valence-corrected chi connectivity index (χ0v) is 9.56. The van der Waals surface area contributed by atoms with Gasteiger partial charge in [-0.3, -0.25) is 0 Å². The van der Waals surface area contributed by atoms with Gasteiger partial charge in [-0.1, -0.05) is 19.9 Å². The minimum absolute atomic E-state index is 0.00457. The molecule has 0 aromatic rings. The molecule has 0 heterocycles. The van der Waals surface area contributed by atoms with Gasteiger partial charge in [-0.15, -0.1) is 0 Å². The molecule has 0 radical (unpaired) electrons. The fourth-order valence-corrected chi connectivity index (χ4v) is 1.88. The molecule has 94 valence electrons. The number of hydrogen-bond donors (Lipinski definition) is 2. The van der Waals surface area contributed by atoms with Crippen molar-refractivity contribution in [2.24, 2.45) is 11.1 Å². The SMILES string of the molecule is CC1(C)CC=C(C(O)(CN)C(F)(F)F)CC1. The Balaban J connectivity index is 2.96. The molecule has 1 unspecified atom stereocenters. The van der Waals surface area contributed by atoms with Gasteiger partial charge in [-0.2, -0.15) is 13.2 Å². The zero-order chi connectivity index (χ0) is 12.6. The lowest BCUT2D eigenvalue weighted by Crippen LogP contribution is -2.53. The third kappa shape index (κ3) is 2.40. The summed E-state index contributed by atoms with van der Waals surface area (Å²) in [4.78, 5) is 0. The molecule has 16 heavy (non-hydrogen) atoms. The van der Waals surface area contributed by atoms with E-state index in [0.29, 0.717) is 12.8 Å². The van der Waals surface area contributed by atoms with Gasteiger partial charge in [0.2, 0.25) is 0 Å². The Morgan fingerprint density at radius 2 is 2.00 bits per heavy atom. The van der Waals surface area contributed by atoms with Crippen molar-refractivity contribution >= 4 is 0 Å². The molecule has 1 atom stereocenters. The van der Waals surface area contributed by atoms with E-state index in [0.717, 1.165) is 0 Å². The lowest BCUT2D eigenvalue weighted by Gasteiger charge is -2.37. The van der Waals surface area contributed by atoms with Crippen molar-refractivity contribution in [2.75, 3.05) is 6.54 Å². The molecule has 0 aromatic carbocycles. The van der Waals surface area contributed by atoms with E-state index in [1.54, 1.807) is 0 Å². The van der Waals surface area contributed by atoms with Gasteiger partial charge in [0.1, 0.15) is 0 Å². The van der Waals surface area contributed by atoms with Gasteiger partial charge in [-0.05, 0) is 30.3 Å². The van der Waals surface area contributed by atoms with E-state index in [-0.39, 0.29) is 17.4 Å². The lowest BCUT2D eigenvalue weighted by atomic mass is 9.74. The number of hydrogen-bond acceptors (Lipinski definition) is 2. The monoisotopic (exact) mass is 237 g/mol. The van der Waals surface area contributed by atoms with E-state index in [2.05, 4.69) is 0 Å². The molecule has 1 aliphatic rings. The van der Waals surface area contributed by atoms with Crippen molar-refractivity contribution in [3.8, 4) is 0 Å². The molecule has 0 saturated carbocycles. The molecular weight excluding hydrogens is 219 g/mol. The Kier molecular flexibility index (Phi) is 3.41. The maximum absolute atomic E-state index is 12.7. The van der Waals surface area contributed by atoms with Crippen LogP contribution in [0.2, 0.25) is 0 Å². The van der Waals surface area contributed by atoms with E-state index in [9.17, 15) is 18.3 Å². The molecule has 2 nitrogen and oxygen atoms in total. The Bertz CT molecular complexity index is 296. The van der Waals surface area contributed by atoms with Crippen LogP contribution in [0.25, 0.3) is 0 Å². The second kappa shape index (κ2) is 4.04. The van der Waals surface area contributed by atoms with Gasteiger partial charge in [-0.25, -0.2) is 0 Å². The predicted octanol–water partition coefficient (Wildman–Crippen LogP) is 2.38. The molecule has 1 aliphatic carbocycles. The average Bonchev–Trinajstić information content (AvgIpc) is 2.14. The quantitative estimate of drug-likeness (QED) is 0.724. The summed E-state index contributed by atoms with van der Waals surface area (Å²) in [6.45, 7) is 3.17. The van der Waals surface area contributed by atoms with Gasteiger partial charge in [0.15, 0.2) is 5.60 Å². The summed E-state index contributed by atoms with van der Waals surface area (Å²) in [6, 6.07) is 0. The molecule has 1 rings (SSSR count). The maximum atomic E-state index is 12.7. The second-order valence-electron chi connectivity index (χ2n) is 5.16. The van der Waals surface area contributed by atoms with Crippen LogP contribution in [0.1, 0.15) is 33.1 Å². The predicted molar refractivity (Wildman–Crippen MR) is 55.8 cm³/mol. The molecular formula is C11H18F3NO. The van der Waals surface area contributed by atoms with E-state index >= 15 is 0 Å². The highest BCUT2D eigenvalue weighted by atomic mass is 19.4. The van der Waals surface area contributed by atoms with Crippen molar-refractivity contribution in [3.05, 3.63) is 11.6 Å². The van der Waals surface area contributed by atoms with Gasteiger partial charge in [0.05, 0.1) is 0 Å². The summed E-state index contributed by atoms with van der Waals surface area (Å²) < 4.78 is 38.1. The summed E-state index contributed by atoms with van der Waals surface area (Å²) in [7, 11) is 0. The Morgan fingerprint density at radius 3 is 2.31 bits per heavy atom. The normalized spacial score (nSPS) is 24.8. The first kappa shape index (κ1) is 13.5. The first-order valence-corrected chi connectivity index (χ1v) is 5.31. The molecule has 0 aromatic heterocycles. The summed E-state index contributed by atoms with van der Waals surface area (Å²) in [5.74, 6) is 0. The highest BCUT2D eigenvalue weighted by Gasteiger charge is 2.55. The third-order valence-electron chi connectivity index (χ3n) is 3.27. The summed E-state index contributed by atoms with van der Waals surface area (Å²) in [5.41, 5.74) is 2.26. The van der Waals surface area contributed by atoms with Crippen molar-refractivity contribution in [1.29, 1.82) is 0 Å². The van der Waals surface area contributed by atoms with Crippen LogP contribution >= 0.6 is 0 Å². The van der Waals surface area contributed by atoms with Crippen LogP contribution < -0.4 is 5.73 Å². The number of aliphatic hydroxyl groups is 1. The van der Waals surface area contributed by atoms with Crippen LogP contribution in [0.3, 0.4) is 0 Å². The smallest absolute Gasteiger partial charge is 0.376 e. The van der Waals surface area contributed by atoms with Gasteiger partial charge in [0.25, 0.3) is 0 Å². The molecule has 0 fully saturated rings. The van der Waals surface area contributed by atoms with Crippen LogP contribution in [0, 0.1) is 5.41 Å². The van der Waals surface area contributed by atoms with Crippen LogP contribution in [-0.2, 0) is 0 Å². The van der Waals surface area contributed by atoms with Crippen LogP contribution in [0.4, 0.5) is 13.2 Å². The minimum atomic E-state index is -4.70. The first-order valence-electron chi connectivity index (χ1n) is 5.31. The largest absolute Gasteiger partial charge is 0.422 e. The lowest BCUT2D eigenvalue weighted by molar-refractivity contribution is -0.241. The molecule has 0 amide bonds. The molecule has 0 saturated heterocycles. The standard InChI is InChI=1S/C11H18F3NO/c1-9(2)5-3-8(4-6-9)10(16,7-15)11(12,13)14/h3,16H,4-7,15H2,1-2H3. The second-order valence-corrected chi connectivity index (χ2v) is 5.16. The van der Waals surface area contributed by atoms with Gasteiger partial charge >= 0.3 is 6.18 Å². The molecule has 0 bridgehead atoms. The van der Waals surface area contributed by atoms with Crippen molar-refractivity contribution in [2.45, 2.75) is 44.9 Å². The number of allylic oxidation sites excluding steroid dienone is 1. The highest BCUT2D eigenvalue weighted by molar-refractivity contribution is 5.23. The Morgan fingerprint density at radius 1 is 1.44 bits per heavy atom. The van der Waals surface area contributed by atoms with Crippen LogP contribution in [-0.4, -0.2) is 23.4 Å². The maximum Gasteiger partial charge on any atom is 0.422 e. The van der Waals surface area contributed by atoms with Crippen LogP contribution in [0.5, 0.6) is 0 Å². The Hall–Kier alpha value is -0.550. The zero-order valence-electron chi connectivity index (χ0n) is 9.56. The van der Waals surface area contributed by atoms with Gasteiger partial charge < -0.3 is 10.8 Å². The summed E-state index contributed by atoms with van der Waals surface area (Å²) >= 11 is 0. The molecule has 0 spiro atoms. The number of alkyl halides is 3. The third-order valence-corrected chi connectivity index (χ3v) is 3.27. The Labute approximate surface area is 93.3 Å². The minimum Gasteiger partial charge on any atom is -0.376 e. The van der Waals surface area contributed by atoms with Crippen molar-refractivity contribution in [3.63, 3.8) is 0 Å². The van der Waals surface area contributed by atoms with E-state index < -0.39 is 18.3 Å². The van der Waals surface area contributed by atoms with Crippen LogP contribution in [0.15, 0.2) is 11.6 Å². The number of rotatable bonds is 2. The average molecular weight is 237 g/mol. The number of nitrogens with two attached hydrogens (primary N) is 1. The summed E-state index contributed by atoms with van der Waals surface area (Å²) in [6.07, 6.45) is -1.78. The van der Waals surface area contributed by atoms with Gasteiger partial charge in [0, 0.05) is 6.54 Å². The highest BCUT2D eigenvalue weighted by Crippen LogP contribution is 2.43. The summed E-state index contributed by atoms with van der Waals surface area (Å²) in [5, 5.41) is 9.63. The fourth-order valence-electron chi connectivity index (χ4n) is 1.88.